The number of amides is 1. The molecule has 1 saturated heterocycles. The molecule has 2 aliphatic rings. The monoisotopic (exact) mass is 598 g/mol. The van der Waals surface area contributed by atoms with Gasteiger partial charge in [0.1, 0.15) is 23.8 Å². The SMILES string of the molecule is [C-]#[N+]C[C@H]1CN(c2nc(OCCC(C)F)nc3c2CCN(c2cccc4ccc(F)c(Cl)c24)C3)CCN1C(=O)C(=C)F. The van der Waals surface area contributed by atoms with Gasteiger partial charge in [0.25, 0.3) is 5.91 Å². The van der Waals surface area contributed by atoms with Crippen LogP contribution in [0.5, 0.6) is 6.01 Å². The summed E-state index contributed by atoms with van der Waals surface area (Å²) < 4.78 is 47.4. The number of ether oxygens (including phenoxy) is 1. The standard InChI is InChI=1S/C30H30ClF3N6O2/c1-18(32)10-14-42-30-36-24-17-38(25-6-4-5-20-7-8-23(34)27(31)26(20)25)11-9-22(24)28(37-30)39-12-13-40(29(41)19(2)33)21(16-39)15-35-3/h4-8,18,21H,2,9-17H2,1H3/t18?,21-/m0/s1. The van der Waals surface area contributed by atoms with Crippen molar-refractivity contribution in [2.24, 2.45) is 0 Å². The van der Waals surface area contributed by atoms with E-state index < -0.39 is 29.8 Å². The number of hydrogen-bond donors (Lipinski definition) is 0. The van der Waals surface area contributed by atoms with Crippen molar-refractivity contribution in [3.63, 3.8) is 0 Å². The van der Waals surface area contributed by atoms with Crippen LogP contribution in [-0.4, -0.2) is 72.3 Å². The Labute approximate surface area is 247 Å². The van der Waals surface area contributed by atoms with E-state index in [0.29, 0.717) is 43.0 Å². The molecule has 0 bridgehead atoms. The van der Waals surface area contributed by atoms with Gasteiger partial charge in [-0.2, -0.15) is 9.97 Å². The highest BCUT2D eigenvalue weighted by Gasteiger charge is 2.36. The fourth-order valence-corrected chi connectivity index (χ4v) is 5.79. The summed E-state index contributed by atoms with van der Waals surface area (Å²) in [7, 11) is 0. The molecule has 0 spiro atoms. The molecule has 0 saturated carbocycles. The second-order valence-corrected chi connectivity index (χ2v) is 10.8. The minimum Gasteiger partial charge on any atom is -0.463 e. The number of fused-ring (bicyclic) bond motifs is 2. The van der Waals surface area contributed by atoms with Gasteiger partial charge < -0.3 is 24.3 Å². The van der Waals surface area contributed by atoms with Gasteiger partial charge in [0.2, 0.25) is 6.54 Å². The lowest BCUT2D eigenvalue weighted by Crippen LogP contribution is -2.57. The largest absolute Gasteiger partial charge is 0.463 e. The maximum Gasteiger partial charge on any atom is 0.318 e. The Morgan fingerprint density at radius 1 is 1.24 bits per heavy atom. The number of piperazine rings is 1. The third-order valence-electron chi connectivity index (χ3n) is 7.60. The van der Waals surface area contributed by atoms with Gasteiger partial charge in [0, 0.05) is 49.2 Å². The summed E-state index contributed by atoms with van der Waals surface area (Å²) in [6, 6.07) is 8.23. The third kappa shape index (κ3) is 5.95. The molecular weight excluding hydrogens is 569 g/mol. The first-order valence-corrected chi connectivity index (χ1v) is 14.1. The Balaban J connectivity index is 1.50. The summed E-state index contributed by atoms with van der Waals surface area (Å²) in [4.78, 5) is 30.6. The van der Waals surface area contributed by atoms with Crippen LogP contribution in [-0.2, 0) is 17.8 Å². The van der Waals surface area contributed by atoms with Crippen molar-refractivity contribution >= 4 is 39.8 Å². The van der Waals surface area contributed by atoms with Crippen LogP contribution in [0.4, 0.5) is 24.7 Å². The van der Waals surface area contributed by atoms with Gasteiger partial charge in [-0.05, 0) is 30.9 Å². The van der Waals surface area contributed by atoms with Crippen molar-refractivity contribution in [3.05, 3.63) is 76.3 Å². The lowest BCUT2D eigenvalue weighted by atomic mass is 10.0. The molecule has 8 nitrogen and oxygen atoms in total. The average molecular weight is 599 g/mol. The Kier molecular flexibility index (Phi) is 8.73. The number of halogens is 4. The molecule has 2 aliphatic heterocycles. The van der Waals surface area contributed by atoms with Crippen LogP contribution in [0.25, 0.3) is 15.6 Å². The summed E-state index contributed by atoms with van der Waals surface area (Å²) in [5.74, 6) is -1.78. The fourth-order valence-electron chi connectivity index (χ4n) is 5.52. The molecule has 0 N–H and O–H groups in total. The zero-order valence-corrected chi connectivity index (χ0v) is 23.9. The van der Waals surface area contributed by atoms with Crippen molar-refractivity contribution < 1.29 is 22.7 Å². The van der Waals surface area contributed by atoms with Crippen LogP contribution in [0.2, 0.25) is 5.02 Å². The predicted octanol–water partition coefficient (Wildman–Crippen LogP) is 5.53. The molecule has 1 aromatic heterocycles. The molecule has 3 aromatic rings. The molecule has 3 heterocycles. The van der Waals surface area contributed by atoms with E-state index in [9.17, 15) is 18.0 Å². The van der Waals surface area contributed by atoms with E-state index in [-0.39, 0.29) is 43.7 Å². The van der Waals surface area contributed by atoms with Gasteiger partial charge in [0.15, 0.2) is 5.83 Å². The number of aromatic nitrogens is 2. The summed E-state index contributed by atoms with van der Waals surface area (Å²) in [6.07, 6.45) is -0.341. The van der Waals surface area contributed by atoms with Crippen molar-refractivity contribution in [3.8, 4) is 6.01 Å². The zero-order valence-electron chi connectivity index (χ0n) is 23.1. The van der Waals surface area contributed by atoms with E-state index in [4.69, 9.17) is 22.9 Å². The van der Waals surface area contributed by atoms with Crippen LogP contribution in [0.15, 0.2) is 42.7 Å². The smallest absolute Gasteiger partial charge is 0.318 e. The normalized spacial score (nSPS) is 17.5. The number of nitrogens with zero attached hydrogens (tertiary/aromatic N) is 6. The number of carbonyl (C=O) groups excluding carboxylic acids is 1. The minimum absolute atomic E-state index is 0.00722. The molecule has 1 fully saturated rings. The molecular formula is C30H30ClF3N6O2. The number of alkyl halides is 1. The molecule has 2 aromatic carbocycles. The predicted molar refractivity (Wildman–Crippen MR) is 156 cm³/mol. The van der Waals surface area contributed by atoms with Gasteiger partial charge in [0.05, 0.1) is 23.9 Å². The molecule has 2 atom stereocenters. The lowest BCUT2D eigenvalue weighted by molar-refractivity contribution is -0.131. The first kappa shape index (κ1) is 29.5. The maximum absolute atomic E-state index is 14.4. The van der Waals surface area contributed by atoms with Gasteiger partial charge >= 0.3 is 6.01 Å². The van der Waals surface area contributed by atoms with Gasteiger partial charge in [-0.15, -0.1) is 0 Å². The van der Waals surface area contributed by atoms with Gasteiger partial charge in [-0.25, -0.2) is 19.7 Å². The fraction of sp³-hybridized carbons (Fsp3) is 0.400. The first-order chi connectivity index (χ1) is 20.2. The summed E-state index contributed by atoms with van der Waals surface area (Å²) in [5.41, 5.74) is 2.34. The van der Waals surface area contributed by atoms with E-state index in [1.54, 1.807) is 6.07 Å². The average Bonchev–Trinajstić information content (AvgIpc) is 2.97. The summed E-state index contributed by atoms with van der Waals surface area (Å²) >= 11 is 6.42. The lowest BCUT2D eigenvalue weighted by Gasteiger charge is -2.41. The number of rotatable bonds is 8. The molecule has 0 aliphatic carbocycles. The van der Waals surface area contributed by atoms with Gasteiger partial charge in [-0.3, -0.25) is 4.79 Å². The van der Waals surface area contributed by atoms with E-state index in [2.05, 4.69) is 26.3 Å². The molecule has 12 heteroatoms. The zero-order chi connectivity index (χ0) is 30.0. The highest BCUT2D eigenvalue weighted by atomic mass is 35.5. The van der Waals surface area contributed by atoms with Gasteiger partial charge in [-0.1, -0.05) is 36.4 Å². The van der Waals surface area contributed by atoms with Crippen molar-refractivity contribution in [2.45, 2.75) is 38.5 Å². The first-order valence-electron chi connectivity index (χ1n) is 13.7. The van der Waals surface area contributed by atoms with E-state index >= 15 is 0 Å². The number of hydrogen-bond acceptors (Lipinski definition) is 6. The highest BCUT2D eigenvalue weighted by Crippen LogP contribution is 2.38. The van der Waals surface area contributed by atoms with E-state index in [0.717, 1.165) is 16.6 Å². The highest BCUT2D eigenvalue weighted by molar-refractivity contribution is 6.36. The van der Waals surface area contributed by atoms with Crippen LogP contribution < -0.4 is 14.5 Å². The third-order valence-corrected chi connectivity index (χ3v) is 7.97. The molecule has 220 valence electrons. The Morgan fingerprint density at radius 2 is 2.05 bits per heavy atom. The molecule has 5 rings (SSSR count). The van der Waals surface area contributed by atoms with Crippen LogP contribution in [0.3, 0.4) is 0 Å². The molecule has 1 unspecified atom stereocenters. The number of benzene rings is 2. The van der Waals surface area contributed by atoms with Crippen molar-refractivity contribution in [1.82, 2.24) is 14.9 Å². The summed E-state index contributed by atoms with van der Waals surface area (Å²) in [6.45, 7) is 13.7. The Morgan fingerprint density at radius 3 is 2.79 bits per heavy atom. The van der Waals surface area contributed by atoms with E-state index in [1.165, 1.54) is 17.9 Å². The quantitative estimate of drug-likeness (QED) is 0.251. The molecule has 42 heavy (non-hydrogen) atoms. The van der Waals surface area contributed by atoms with Crippen LogP contribution >= 0.6 is 11.6 Å². The Hall–Kier alpha value is -4.04. The van der Waals surface area contributed by atoms with Crippen molar-refractivity contribution in [2.75, 3.05) is 49.1 Å². The second-order valence-electron chi connectivity index (χ2n) is 10.4. The maximum atomic E-state index is 14.4. The molecule has 0 radical (unpaired) electrons. The topological polar surface area (TPSA) is 66.2 Å². The Bertz CT molecular complexity index is 1560. The molecule has 1 amide bonds. The van der Waals surface area contributed by atoms with Crippen LogP contribution in [0, 0.1) is 12.4 Å². The summed E-state index contributed by atoms with van der Waals surface area (Å²) in [5, 5.41) is 1.48. The van der Waals surface area contributed by atoms with E-state index in [1.807, 2.05) is 23.1 Å². The van der Waals surface area contributed by atoms with Crippen LogP contribution in [0.1, 0.15) is 24.6 Å². The van der Waals surface area contributed by atoms with Crippen molar-refractivity contribution in [1.29, 1.82) is 0 Å². The number of carbonyl (C=O) groups is 1. The number of anilines is 2. The minimum atomic E-state index is -1.07. The second kappa shape index (κ2) is 12.4.